The summed E-state index contributed by atoms with van der Waals surface area (Å²) in [5, 5.41) is 21.7. The minimum Gasteiger partial charge on any atom is -0.467 e. The zero-order chi connectivity index (χ0) is 12.2. The number of carbonyl (C=O) groups excluding carboxylic acids is 1. The first-order valence-corrected chi connectivity index (χ1v) is 5.58. The highest BCUT2D eigenvalue weighted by Gasteiger charge is 2.42. The Morgan fingerprint density at radius 1 is 1.56 bits per heavy atom. The molecule has 0 bridgehead atoms. The third kappa shape index (κ3) is 3.43. The van der Waals surface area contributed by atoms with E-state index in [-0.39, 0.29) is 18.6 Å². The molecule has 0 heterocycles. The molecule has 1 aliphatic carbocycles. The van der Waals surface area contributed by atoms with Crippen molar-refractivity contribution in [1.29, 1.82) is 0 Å². The SMILES string of the molecule is COC(=O)C(C)(O)CNCC1(CCO)CC1. The Hall–Kier alpha value is -0.650. The smallest absolute Gasteiger partial charge is 0.338 e. The van der Waals surface area contributed by atoms with E-state index in [1.54, 1.807) is 0 Å². The summed E-state index contributed by atoms with van der Waals surface area (Å²) in [7, 11) is 1.25. The van der Waals surface area contributed by atoms with Crippen molar-refractivity contribution in [3.8, 4) is 0 Å². The van der Waals surface area contributed by atoms with Gasteiger partial charge in [-0.05, 0) is 31.6 Å². The highest BCUT2D eigenvalue weighted by atomic mass is 16.5. The van der Waals surface area contributed by atoms with Crippen molar-refractivity contribution >= 4 is 5.97 Å². The monoisotopic (exact) mass is 231 g/mol. The molecule has 0 aromatic heterocycles. The quantitative estimate of drug-likeness (QED) is 0.523. The van der Waals surface area contributed by atoms with E-state index in [0.717, 1.165) is 25.8 Å². The summed E-state index contributed by atoms with van der Waals surface area (Å²) in [5.74, 6) is -0.632. The van der Waals surface area contributed by atoms with Crippen LogP contribution in [0.25, 0.3) is 0 Å². The molecule has 5 nitrogen and oxygen atoms in total. The largest absolute Gasteiger partial charge is 0.467 e. The Kier molecular flexibility index (Phi) is 4.29. The van der Waals surface area contributed by atoms with Crippen molar-refractivity contribution in [3.05, 3.63) is 0 Å². The van der Waals surface area contributed by atoms with Gasteiger partial charge in [-0.1, -0.05) is 0 Å². The molecule has 0 aliphatic heterocycles. The molecule has 0 saturated heterocycles. The molecular formula is C11H21NO4. The molecule has 5 heteroatoms. The number of ether oxygens (including phenoxy) is 1. The Morgan fingerprint density at radius 2 is 2.19 bits per heavy atom. The molecule has 0 aromatic rings. The van der Waals surface area contributed by atoms with Crippen LogP contribution in [0.4, 0.5) is 0 Å². The number of carbonyl (C=O) groups is 1. The van der Waals surface area contributed by atoms with E-state index < -0.39 is 11.6 Å². The van der Waals surface area contributed by atoms with Crippen LogP contribution in [0.15, 0.2) is 0 Å². The van der Waals surface area contributed by atoms with E-state index in [0.29, 0.717) is 0 Å². The number of aliphatic hydroxyl groups is 2. The lowest BCUT2D eigenvalue weighted by Crippen LogP contribution is -2.46. The second-order valence-electron chi connectivity index (χ2n) is 4.84. The summed E-state index contributed by atoms with van der Waals surface area (Å²) in [5.41, 5.74) is -1.30. The van der Waals surface area contributed by atoms with Gasteiger partial charge in [-0.2, -0.15) is 0 Å². The first-order chi connectivity index (χ1) is 7.46. The third-order valence-corrected chi connectivity index (χ3v) is 3.19. The number of esters is 1. The van der Waals surface area contributed by atoms with Crippen molar-refractivity contribution < 1.29 is 19.7 Å². The van der Waals surface area contributed by atoms with Crippen molar-refractivity contribution in [2.75, 3.05) is 26.8 Å². The van der Waals surface area contributed by atoms with Gasteiger partial charge < -0.3 is 20.3 Å². The highest BCUT2D eigenvalue weighted by molar-refractivity contribution is 5.78. The maximum Gasteiger partial charge on any atom is 0.338 e. The van der Waals surface area contributed by atoms with Crippen LogP contribution in [0.1, 0.15) is 26.2 Å². The molecule has 0 spiro atoms. The normalized spacial score (nSPS) is 21.2. The van der Waals surface area contributed by atoms with Gasteiger partial charge in [0, 0.05) is 19.7 Å². The molecule has 1 atom stereocenters. The molecule has 1 saturated carbocycles. The number of nitrogens with one attached hydrogen (secondary N) is 1. The van der Waals surface area contributed by atoms with Gasteiger partial charge in [0.25, 0.3) is 0 Å². The molecule has 1 fully saturated rings. The molecule has 94 valence electrons. The molecule has 0 radical (unpaired) electrons. The van der Waals surface area contributed by atoms with Crippen LogP contribution in [0.3, 0.4) is 0 Å². The molecular weight excluding hydrogens is 210 g/mol. The molecule has 1 aliphatic rings. The fourth-order valence-corrected chi connectivity index (χ4v) is 1.79. The van der Waals surface area contributed by atoms with Gasteiger partial charge in [0.1, 0.15) is 0 Å². The van der Waals surface area contributed by atoms with Crippen LogP contribution in [-0.2, 0) is 9.53 Å². The molecule has 16 heavy (non-hydrogen) atoms. The molecule has 0 amide bonds. The lowest BCUT2D eigenvalue weighted by Gasteiger charge is -2.22. The van der Waals surface area contributed by atoms with E-state index in [4.69, 9.17) is 5.11 Å². The zero-order valence-electron chi connectivity index (χ0n) is 9.95. The van der Waals surface area contributed by atoms with Crippen molar-refractivity contribution in [2.24, 2.45) is 5.41 Å². The number of rotatable bonds is 7. The van der Waals surface area contributed by atoms with Crippen LogP contribution in [0, 0.1) is 5.41 Å². The van der Waals surface area contributed by atoms with Crippen LogP contribution < -0.4 is 5.32 Å². The summed E-state index contributed by atoms with van der Waals surface area (Å²) in [6.45, 7) is 2.51. The summed E-state index contributed by atoms with van der Waals surface area (Å²) in [4.78, 5) is 11.2. The highest BCUT2D eigenvalue weighted by Crippen LogP contribution is 2.47. The summed E-state index contributed by atoms with van der Waals surface area (Å²) in [6.07, 6.45) is 2.97. The lowest BCUT2D eigenvalue weighted by atomic mass is 10.0. The van der Waals surface area contributed by atoms with E-state index in [1.165, 1.54) is 14.0 Å². The Labute approximate surface area is 95.8 Å². The maximum atomic E-state index is 11.2. The van der Waals surface area contributed by atoms with E-state index in [9.17, 15) is 9.90 Å². The number of aliphatic hydroxyl groups excluding tert-OH is 1. The minimum absolute atomic E-state index is 0.173. The van der Waals surface area contributed by atoms with Crippen LogP contribution in [0.5, 0.6) is 0 Å². The van der Waals surface area contributed by atoms with Gasteiger partial charge in [-0.3, -0.25) is 0 Å². The van der Waals surface area contributed by atoms with Crippen molar-refractivity contribution in [2.45, 2.75) is 31.8 Å². The van der Waals surface area contributed by atoms with E-state index >= 15 is 0 Å². The Bertz CT molecular complexity index is 248. The lowest BCUT2D eigenvalue weighted by molar-refractivity contribution is -0.159. The van der Waals surface area contributed by atoms with E-state index in [1.807, 2.05) is 0 Å². The summed E-state index contributed by atoms with van der Waals surface area (Å²) < 4.78 is 4.49. The topological polar surface area (TPSA) is 78.8 Å². The second kappa shape index (κ2) is 5.12. The van der Waals surface area contributed by atoms with Gasteiger partial charge in [-0.25, -0.2) is 4.79 Å². The van der Waals surface area contributed by atoms with E-state index in [2.05, 4.69) is 10.1 Å². The predicted octanol–water partition coefficient (Wildman–Crippen LogP) is -0.337. The molecule has 1 rings (SSSR count). The first-order valence-electron chi connectivity index (χ1n) is 5.58. The summed E-state index contributed by atoms with van der Waals surface area (Å²) in [6, 6.07) is 0. The standard InChI is InChI=1S/C11H21NO4/c1-10(15,9(14)16-2)7-12-8-11(3-4-11)5-6-13/h12-13,15H,3-8H2,1-2H3. The van der Waals surface area contributed by atoms with Gasteiger partial charge in [0.2, 0.25) is 0 Å². The van der Waals surface area contributed by atoms with Crippen LogP contribution >= 0.6 is 0 Å². The van der Waals surface area contributed by atoms with Gasteiger partial charge in [0.05, 0.1) is 7.11 Å². The average molecular weight is 231 g/mol. The maximum absolute atomic E-state index is 11.2. The Morgan fingerprint density at radius 3 is 2.62 bits per heavy atom. The summed E-state index contributed by atoms with van der Waals surface area (Å²) >= 11 is 0. The van der Waals surface area contributed by atoms with Crippen molar-refractivity contribution in [1.82, 2.24) is 5.32 Å². The van der Waals surface area contributed by atoms with Gasteiger partial charge >= 0.3 is 5.97 Å². The number of methoxy groups -OCH3 is 1. The fraction of sp³-hybridized carbons (Fsp3) is 0.909. The average Bonchev–Trinajstić information content (AvgIpc) is 2.97. The molecule has 1 unspecified atom stereocenters. The van der Waals surface area contributed by atoms with Crippen molar-refractivity contribution in [3.63, 3.8) is 0 Å². The number of hydrogen-bond acceptors (Lipinski definition) is 5. The number of hydrogen-bond donors (Lipinski definition) is 3. The molecule has 0 aromatic carbocycles. The zero-order valence-corrected chi connectivity index (χ0v) is 9.95. The third-order valence-electron chi connectivity index (χ3n) is 3.19. The molecule has 3 N–H and O–H groups in total. The van der Waals surface area contributed by atoms with Gasteiger partial charge in [-0.15, -0.1) is 0 Å². The second-order valence-corrected chi connectivity index (χ2v) is 4.84. The van der Waals surface area contributed by atoms with Crippen LogP contribution in [0.2, 0.25) is 0 Å². The minimum atomic E-state index is -1.48. The fourth-order valence-electron chi connectivity index (χ4n) is 1.79. The predicted molar refractivity (Wildman–Crippen MR) is 58.9 cm³/mol. The van der Waals surface area contributed by atoms with Gasteiger partial charge in [0.15, 0.2) is 5.60 Å². The first kappa shape index (κ1) is 13.4. The van der Waals surface area contributed by atoms with Crippen LogP contribution in [-0.4, -0.2) is 48.6 Å². The Balaban J connectivity index is 2.27.